The van der Waals surface area contributed by atoms with Crippen LogP contribution in [0.4, 0.5) is 17.6 Å². The molecule has 0 unspecified atom stereocenters. The first-order valence-corrected chi connectivity index (χ1v) is 6.76. The van der Waals surface area contributed by atoms with E-state index in [0.717, 1.165) is 12.8 Å². The van der Waals surface area contributed by atoms with Crippen molar-refractivity contribution >= 4 is 0 Å². The quantitative estimate of drug-likeness (QED) is 0.748. The van der Waals surface area contributed by atoms with Gasteiger partial charge in [-0.2, -0.15) is 13.8 Å². The van der Waals surface area contributed by atoms with Crippen molar-refractivity contribution in [3.8, 4) is 0 Å². The van der Waals surface area contributed by atoms with Gasteiger partial charge in [-0.1, -0.05) is 18.0 Å². The van der Waals surface area contributed by atoms with Crippen LogP contribution in [0.2, 0.25) is 0 Å². The molecule has 120 valence electrons. The molecule has 1 heterocycles. The minimum absolute atomic E-state index is 0.0586. The number of aromatic nitrogens is 2. The predicted molar refractivity (Wildman–Crippen MR) is 64.0 cm³/mol. The molecular weight excluding hydrogens is 294 g/mol. The highest BCUT2D eigenvalue weighted by Crippen LogP contribution is 2.23. The summed E-state index contributed by atoms with van der Waals surface area (Å²) in [5.41, 5.74) is 0. The smallest absolute Gasteiger partial charge is 0.330 e. The van der Waals surface area contributed by atoms with Crippen LogP contribution >= 0.6 is 0 Å². The van der Waals surface area contributed by atoms with Gasteiger partial charge in [-0.15, -0.1) is 0 Å². The number of hydrogen-bond acceptors (Lipinski definition) is 5. The molecule has 5 nitrogen and oxygen atoms in total. The Bertz CT molecular complexity index is 436. The first-order valence-electron chi connectivity index (χ1n) is 6.76. The van der Waals surface area contributed by atoms with E-state index in [1.807, 2.05) is 0 Å². The van der Waals surface area contributed by atoms with Gasteiger partial charge in [0.2, 0.25) is 5.89 Å². The minimum atomic E-state index is -4.17. The van der Waals surface area contributed by atoms with Crippen LogP contribution < -0.4 is 5.32 Å². The molecule has 1 aromatic rings. The zero-order valence-corrected chi connectivity index (χ0v) is 11.3. The second kappa shape index (κ2) is 7.17. The summed E-state index contributed by atoms with van der Waals surface area (Å²) in [7, 11) is 0. The first-order chi connectivity index (χ1) is 9.97. The van der Waals surface area contributed by atoms with E-state index < -0.39 is 25.6 Å². The lowest BCUT2D eigenvalue weighted by Gasteiger charge is -2.14. The standard InChI is InChI=1S/C12H17F4N3O2/c13-11(14)12(15,16)7-20-6-9-18-10(21-19-9)5-17-8-3-1-2-4-8/h8,11,17H,1-7H2. The summed E-state index contributed by atoms with van der Waals surface area (Å²) < 4.78 is 58.4. The lowest BCUT2D eigenvalue weighted by atomic mass is 10.2. The molecule has 0 atom stereocenters. The Balaban J connectivity index is 1.70. The van der Waals surface area contributed by atoms with Gasteiger partial charge in [0.25, 0.3) is 0 Å². The Kier molecular flexibility index (Phi) is 5.51. The molecule has 1 fully saturated rings. The minimum Gasteiger partial charge on any atom is -0.367 e. The maximum atomic E-state index is 12.6. The van der Waals surface area contributed by atoms with Gasteiger partial charge >= 0.3 is 12.3 Å². The van der Waals surface area contributed by atoms with Gasteiger partial charge in [0.1, 0.15) is 13.2 Å². The fraction of sp³-hybridized carbons (Fsp3) is 0.833. The van der Waals surface area contributed by atoms with Crippen molar-refractivity contribution in [2.24, 2.45) is 0 Å². The second-order valence-electron chi connectivity index (χ2n) is 5.02. The topological polar surface area (TPSA) is 60.2 Å². The molecule has 1 N–H and O–H groups in total. The molecule has 9 heteroatoms. The maximum Gasteiger partial charge on any atom is 0.330 e. The number of nitrogens with one attached hydrogen (secondary N) is 1. The van der Waals surface area contributed by atoms with E-state index in [1.54, 1.807) is 0 Å². The Morgan fingerprint density at radius 2 is 2.05 bits per heavy atom. The number of ether oxygens (including phenoxy) is 1. The summed E-state index contributed by atoms with van der Waals surface area (Å²) >= 11 is 0. The summed E-state index contributed by atoms with van der Waals surface area (Å²) in [4.78, 5) is 3.94. The average Bonchev–Trinajstić information content (AvgIpc) is 3.07. The molecule has 0 spiro atoms. The van der Waals surface area contributed by atoms with E-state index in [4.69, 9.17) is 4.52 Å². The molecule has 1 saturated carbocycles. The second-order valence-corrected chi connectivity index (χ2v) is 5.02. The number of halogens is 4. The van der Waals surface area contributed by atoms with Crippen LogP contribution in [0.15, 0.2) is 4.52 Å². The fourth-order valence-corrected chi connectivity index (χ4v) is 2.12. The highest BCUT2D eigenvalue weighted by atomic mass is 19.3. The third-order valence-corrected chi connectivity index (χ3v) is 3.25. The van der Waals surface area contributed by atoms with E-state index >= 15 is 0 Å². The molecule has 1 aromatic heterocycles. The average molecular weight is 311 g/mol. The number of nitrogens with zero attached hydrogens (tertiary/aromatic N) is 2. The van der Waals surface area contributed by atoms with Gasteiger partial charge < -0.3 is 14.6 Å². The van der Waals surface area contributed by atoms with Gasteiger partial charge in [0, 0.05) is 6.04 Å². The monoisotopic (exact) mass is 311 g/mol. The SMILES string of the molecule is FC(F)C(F)(F)COCc1noc(CNC2CCCC2)n1. The van der Waals surface area contributed by atoms with Crippen molar-refractivity contribution in [1.82, 2.24) is 15.5 Å². The zero-order chi connectivity index (χ0) is 15.3. The predicted octanol–water partition coefficient (Wildman–Crippen LogP) is 2.52. The van der Waals surface area contributed by atoms with Crippen LogP contribution in [0.1, 0.15) is 37.4 Å². The third-order valence-electron chi connectivity index (χ3n) is 3.25. The highest BCUT2D eigenvalue weighted by molar-refractivity contribution is 4.86. The van der Waals surface area contributed by atoms with E-state index in [0.29, 0.717) is 18.5 Å². The summed E-state index contributed by atoms with van der Waals surface area (Å²) in [6.45, 7) is -1.38. The lowest BCUT2D eigenvalue weighted by Crippen LogP contribution is -2.32. The van der Waals surface area contributed by atoms with Crippen molar-refractivity contribution in [3.63, 3.8) is 0 Å². The molecule has 0 saturated heterocycles. The number of hydrogen-bond donors (Lipinski definition) is 1. The first kappa shape index (κ1) is 16.2. The van der Waals surface area contributed by atoms with Gasteiger partial charge in [0.05, 0.1) is 6.54 Å². The van der Waals surface area contributed by atoms with Crippen molar-refractivity contribution in [2.45, 2.75) is 57.2 Å². The molecule has 0 aromatic carbocycles. The normalized spacial score (nSPS) is 17.0. The van der Waals surface area contributed by atoms with Crippen LogP contribution in [0.5, 0.6) is 0 Å². The fourth-order valence-electron chi connectivity index (χ4n) is 2.12. The van der Waals surface area contributed by atoms with E-state index in [-0.39, 0.29) is 5.82 Å². The molecule has 0 amide bonds. The highest BCUT2D eigenvalue weighted by Gasteiger charge is 2.41. The van der Waals surface area contributed by atoms with Gasteiger partial charge in [0.15, 0.2) is 5.82 Å². The van der Waals surface area contributed by atoms with Crippen molar-refractivity contribution in [2.75, 3.05) is 6.61 Å². The summed E-state index contributed by atoms with van der Waals surface area (Å²) in [5, 5.41) is 6.79. The van der Waals surface area contributed by atoms with Crippen LogP contribution in [-0.4, -0.2) is 35.1 Å². The Morgan fingerprint density at radius 1 is 1.33 bits per heavy atom. The Hall–Kier alpha value is -1.22. The molecule has 0 bridgehead atoms. The molecular formula is C12H17F4N3O2. The molecule has 2 rings (SSSR count). The number of alkyl halides is 4. The van der Waals surface area contributed by atoms with Crippen LogP contribution in [0.25, 0.3) is 0 Å². The maximum absolute atomic E-state index is 12.6. The van der Waals surface area contributed by atoms with Crippen LogP contribution in [0, 0.1) is 0 Å². The molecule has 0 aliphatic heterocycles. The van der Waals surface area contributed by atoms with Gasteiger partial charge in [-0.05, 0) is 12.8 Å². The summed E-state index contributed by atoms with van der Waals surface area (Å²) in [5.74, 6) is -3.79. The molecule has 21 heavy (non-hydrogen) atoms. The van der Waals surface area contributed by atoms with E-state index in [1.165, 1.54) is 12.8 Å². The van der Waals surface area contributed by atoms with Gasteiger partial charge in [-0.3, -0.25) is 0 Å². The largest absolute Gasteiger partial charge is 0.367 e. The molecule has 1 aliphatic carbocycles. The van der Waals surface area contributed by atoms with E-state index in [9.17, 15) is 17.6 Å². The number of rotatable bonds is 8. The zero-order valence-electron chi connectivity index (χ0n) is 11.3. The van der Waals surface area contributed by atoms with Crippen LogP contribution in [0.3, 0.4) is 0 Å². The van der Waals surface area contributed by atoms with Crippen molar-refractivity contribution in [3.05, 3.63) is 11.7 Å². The van der Waals surface area contributed by atoms with Crippen molar-refractivity contribution < 1.29 is 26.8 Å². The summed E-state index contributed by atoms with van der Waals surface area (Å²) in [6.07, 6.45) is 0.839. The molecule has 0 radical (unpaired) electrons. The van der Waals surface area contributed by atoms with Gasteiger partial charge in [-0.25, -0.2) is 8.78 Å². The van der Waals surface area contributed by atoms with Crippen molar-refractivity contribution in [1.29, 1.82) is 0 Å². The lowest BCUT2D eigenvalue weighted by molar-refractivity contribution is -0.168. The van der Waals surface area contributed by atoms with Crippen LogP contribution in [-0.2, 0) is 17.9 Å². The Morgan fingerprint density at radius 3 is 2.71 bits per heavy atom. The summed E-state index contributed by atoms with van der Waals surface area (Å²) in [6, 6.07) is 0.432. The molecule has 1 aliphatic rings. The van der Waals surface area contributed by atoms with E-state index in [2.05, 4.69) is 20.2 Å². The Labute approximate surface area is 119 Å². The third kappa shape index (κ3) is 4.92.